The van der Waals surface area contributed by atoms with Crippen molar-refractivity contribution in [2.24, 2.45) is 7.05 Å². The van der Waals surface area contributed by atoms with Crippen LogP contribution in [0.2, 0.25) is 0 Å². The maximum absolute atomic E-state index is 12.0. The van der Waals surface area contributed by atoms with Gasteiger partial charge in [-0.2, -0.15) is 0 Å². The summed E-state index contributed by atoms with van der Waals surface area (Å²) in [5.41, 5.74) is 0.527. The van der Waals surface area contributed by atoms with Gasteiger partial charge in [0.1, 0.15) is 11.8 Å². The average Bonchev–Trinajstić information content (AvgIpc) is 2.67. The summed E-state index contributed by atoms with van der Waals surface area (Å²) in [6.07, 6.45) is -3.34. The van der Waals surface area contributed by atoms with Gasteiger partial charge in [0.25, 0.3) is 12.3 Å². The van der Waals surface area contributed by atoms with Crippen molar-refractivity contribution in [2.75, 3.05) is 6.54 Å². The van der Waals surface area contributed by atoms with Crippen molar-refractivity contribution in [2.45, 2.75) is 19.5 Å². The number of alkyl halides is 2. The molecule has 0 fully saturated rings. The van der Waals surface area contributed by atoms with E-state index in [2.05, 4.69) is 5.32 Å². The summed E-state index contributed by atoms with van der Waals surface area (Å²) in [7, 11) is 1.56. The third-order valence-corrected chi connectivity index (χ3v) is 2.41. The van der Waals surface area contributed by atoms with Gasteiger partial charge in [-0.3, -0.25) is 9.59 Å². The number of rotatable bonds is 5. The Morgan fingerprint density at radius 2 is 2.11 bits per heavy atom. The lowest BCUT2D eigenvalue weighted by molar-refractivity contribution is -0.00274. The van der Waals surface area contributed by atoms with Gasteiger partial charge in [-0.25, -0.2) is 8.78 Å². The van der Waals surface area contributed by atoms with E-state index in [1.54, 1.807) is 7.05 Å². The molecule has 0 aliphatic carbocycles. The molecule has 0 aliphatic rings. The fraction of sp³-hybridized carbons (Fsp3) is 0.455. The molecule has 0 spiro atoms. The number of ketones is 1. The average molecular weight is 260 g/mol. The number of aromatic nitrogens is 1. The van der Waals surface area contributed by atoms with E-state index in [0.29, 0.717) is 5.56 Å². The Balaban J connectivity index is 2.70. The molecule has 0 aromatic carbocycles. The summed E-state index contributed by atoms with van der Waals surface area (Å²) in [5.74, 6) is -0.818. The lowest BCUT2D eigenvalue weighted by Gasteiger charge is -2.10. The minimum Gasteiger partial charge on any atom is -0.385 e. The fourth-order valence-electron chi connectivity index (χ4n) is 1.36. The molecule has 100 valence electrons. The summed E-state index contributed by atoms with van der Waals surface area (Å²) in [4.78, 5) is 22.7. The number of Topliss-reactive ketones (excluding diaryl/α,β-unsaturated/α-hetero) is 1. The van der Waals surface area contributed by atoms with Crippen LogP contribution in [0.4, 0.5) is 8.78 Å². The summed E-state index contributed by atoms with van der Waals surface area (Å²) in [6.45, 7) is 0.814. The van der Waals surface area contributed by atoms with E-state index < -0.39 is 25.0 Å². The topological polar surface area (TPSA) is 71.3 Å². The zero-order chi connectivity index (χ0) is 13.9. The third-order valence-electron chi connectivity index (χ3n) is 2.41. The highest BCUT2D eigenvalue weighted by Crippen LogP contribution is 2.08. The number of hydrogen-bond acceptors (Lipinski definition) is 3. The smallest absolute Gasteiger partial charge is 0.268 e. The van der Waals surface area contributed by atoms with Gasteiger partial charge < -0.3 is 15.0 Å². The van der Waals surface area contributed by atoms with Crippen LogP contribution in [0.3, 0.4) is 0 Å². The van der Waals surface area contributed by atoms with Crippen LogP contribution < -0.4 is 5.32 Å². The second-order valence-electron chi connectivity index (χ2n) is 3.89. The molecule has 7 heteroatoms. The predicted molar refractivity (Wildman–Crippen MR) is 59.8 cm³/mol. The van der Waals surface area contributed by atoms with Gasteiger partial charge in [-0.1, -0.05) is 0 Å². The van der Waals surface area contributed by atoms with E-state index in [1.165, 1.54) is 23.8 Å². The molecule has 1 aromatic rings. The number of nitrogens with one attached hydrogen (secondary N) is 1. The Hall–Kier alpha value is -1.76. The molecule has 2 N–H and O–H groups in total. The number of halogens is 2. The number of carbonyl (C=O) groups is 2. The van der Waals surface area contributed by atoms with Crippen molar-refractivity contribution < 1.29 is 23.5 Å². The van der Waals surface area contributed by atoms with Crippen molar-refractivity contribution in [3.05, 3.63) is 23.5 Å². The van der Waals surface area contributed by atoms with E-state index >= 15 is 0 Å². The number of aliphatic hydroxyl groups is 1. The molecule has 0 aliphatic heterocycles. The van der Waals surface area contributed by atoms with Crippen LogP contribution in [0, 0.1) is 0 Å². The van der Waals surface area contributed by atoms with Crippen molar-refractivity contribution in [3.8, 4) is 0 Å². The second-order valence-corrected chi connectivity index (χ2v) is 3.89. The van der Waals surface area contributed by atoms with E-state index in [4.69, 9.17) is 5.11 Å². The highest BCUT2D eigenvalue weighted by Gasteiger charge is 2.19. The first-order chi connectivity index (χ1) is 8.32. The molecule has 1 rings (SSSR count). The van der Waals surface area contributed by atoms with Crippen LogP contribution in [-0.2, 0) is 7.05 Å². The molecule has 1 aromatic heterocycles. The first kappa shape index (κ1) is 14.3. The zero-order valence-electron chi connectivity index (χ0n) is 9.98. The molecule has 0 saturated carbocycles. The normalized spacial score (nSPS) is 12.6. The summed E-state index contributed by atoms with van der Waals surface area (Å²) in [5, 5.41) is 11.0. The first-order valence-electron chi connectivity index (χ1n) is 5.24. The van der Waals surface area contributed by atoms with Gasteiger partial charge in [0.2, 0.25) is 0 Å². The monoisotopic (exact) mass is 260 g/mol. The Morgan fingerprint density at radius 3 is 2.56 bits per heavy atom. The van der Waals surface area contributed by atoms with E-state index in [1.807, 2.05) is 0 Å². The third kappa shape index (κ3) is 3.36. The largest absolute Gasteiger partial charge is 0.385 e. The van der Waals surface area contributed by atoms with Gasteiger partial charge in [-0.15, -0.1) is 0 Å². The zero-order valence-corrected chi connectivity index (χ0v) is 9.98. The number of aliphatic hydroxyl groups excluding tert-OH is 1. The summed E-state index contributed by atoms with van der Waals surface area (Å²) >= 11 is 0. The fourth-order valence-corrected chi connectivity index (χ4v) is 1.36. The van der Waals surface area contributed by atoms with Crippen molar-refractivity contribution in [1.29, 1.82) is 0 Å². The Labute approximate surface area is 102 Å². The quantitative estimate of drug-likeness (QED) is 0.761. The SMILES string of the molecule is CC(=O)c1cc(C(=O)NCC(O)C(F)F)n(C)c1. The van der Waals surface area contributed by atoms with Crippen LogP contribution in [0.15, 0.2) is 12.3 Å². The molecule has 0 radical (unpaired) electrons. The van der Waals surface area contributed by atoms with Crippen LogP contribution in [0.1, 0.15) is 27.8 Å². The highest BCUT2D eigenvalue weighted by atomic mass is 19.3. The molecule has 1 atom stereocenters. The molecule has 1 amide bonds. The molecule has 0 bridgehead atoms. The van der Waals surface area contributed by atoms with Gasteiger partial charge in [0, 0.05) is 25.4 Å². The lowest BCUT2D eigenvalue weighted by atomic mass is 10.2. The molecule has 1 unspecified atom stereocenters. The van der Waals surface area contributed by atoms with Gasteiger partial charge in [0.15, 0.2) is 5.78 Å². The standard InChI is InChI=1S/C11H14F2N2O3/c1-6(16)7-3-8(15(2)5-7)11(18)14-4-9(17)10(12)13/h3,5,9-10,17H,4H2,1-2H3,(H,14,18). The van der Waals surface area contributed by atoms with Crippen molar-refractivity contribution in [3.63, 3.8) is 0 Å². The van der Waals surface area contributed by atoms with Crippen LogP contribution in [0.5, 0.6) is 0 Å². The van der Waals surface area contributed by atoms with E-state index in [-0.39, 0.29) is 11.5 Å². The van der Waals surface area contributed by atoms with E-state index in [0.717, 1.165) is 0 Å². The predicted octanol–water partition coefficient (Wildman–Crippen LogP) is 0.584. The summed E-state index contributed by atoms with van der Waals surface area (Å²) < 4.78 is 25.5. The highest BCUT2D eigenvalue weighted by molar-refractivity contribution is 5.99. The number of nitrogens with zero attached hydrogens (tertiary/aromatic N) is 1. The minimum absolute atomic E-state index is 0.168. The number of hydrogen-bond donors (Lipinski definition) is 2. The van der Waals surface area contributed by atoms with Crippen LogP contribution >= 0.6 is 0 Å². The molecule has 5 nitrogen and oxygen atoms in total. The number of carbonyl (C=O) groups excluding carboxylic acids is 2. The first-order valence-corrected chi connectivity index (χ1v) is 5.24. The Morgan fingerprint density at radius 1 is 1.50 bits per heavy atom. The van der Waals surface area contributed by atoms with E-state index in [9.17, 15) is 18.4 Å². The second kappa shape index (κ2) is 5.72. The van der Waals surface area contributed by atoms with Crippen molar-refractivity contribution in [1.82, 2.24) is 9.88 Å². The summed E-state index contributed by atoms with van der Waals surface area (Å²) in [6, 6.07) is 1.37. The molecular weight excluding hydrogens is 246 g/mol. The van der Waals surface area contributed by atoms with Crippen LogP contribution in [-0.4, -0.2) is 40.4 Å². The number of aryl methyl sites for hydroxylation is 1. The van der Waals surface area contributed by atoms with Gasteiger partial charge in [0.05, 0.1) is 0 Å². The molecule has 1 heterocycles. The molecular formula is C11H14F2N2O3. The van der Waals surface area contributed by atoms with Crippen LogP contribution in [0.25, 0.3) is 0 Å². The maximum Gasteiger partial charge on any atom is 0.268 e. The number of amides is 1. The minimum atomic E-state index is -2.91. The maximum atomic E-state index is 12.0. The van der Waals surface area contributed by atoms with Gasteiger partial charge >= 0.3 is 0 Å². The Kier molecular flexibility index (Phi) is 4.55. The molecule has 18 heavy (non-hydrogen) atoms. The lowest BCUT2D eigenvalue weighted by Crippen LogP contribution is -2.36. The van der Waals surface area contributed by atoms with Crippen molar-refractivity contribution >= 4 is 11.7 Å². The Bertz CT molecular complexity index is 457. The molecule has 0 saturated heterocycles. The van der Waals surface area contributed by atoms with Gasteiger partial charge in [-0.05, 0) is 13.0 Å².